The number of benzene rings is 1. The Morgan fingerprint density at radius 1 is 0.784 bits per heavy atom. The number of hydrogen-bond acceptors (Lipinski definition) is 27. The molecule has 97 heavy (non-hydrogen) atoms. The first kappa shape index (κ1) is 73.1. The molecule has 4 aromatic heterocycles. The van der Waals surface area contributed by atoms with Crippen LogP contribution >= 0.6 is 13.4 Å². The van der Waals surface area contributed by atoms with E-state index in [1.807, 2.05) is 0 Å². The van der Waals surface area contributed by atoms with Crippen LogP contribution in [-0.2, 0) is 101 Å². The summed E-state index contributed by atoms with van der Waals surface area (Å²) in [6.07, 6.45) is -9.46. The fraction of sp³-hybridized carbons (Fsp3) is 0.545. The molecule has 9 rings (SSSR count). The van der Waals surface area contributed by atoms with Crippen LogP contribution in [0.15, 0.2) is 49.6 Å². The minimum absolute atomic E-state index is 0.000450. The maximum Gasteiger partial charge on any atom is 0.407 e. The number of carboxylic acid groups (broad SMARTS) is 1. The number of likely N-dealkylation sites (tertiary alicyclic amines) is 1. The molecular formula is C55H72FN17O20P2S2. The number of carbonyl (C=O) groups excluding carboxylic acids is 8. The third kappa shape index (κ3) is 18.5. The number of rotatable bonds is 25. The van der Waals surface area contributed by atoms with Gasteiger partial charge in [0.1, 0.15) is 67.3 Å². The van der Waals surface area contributed by atoms with Crippen molar-refractivity contribution in [1.82, 2.24) is 65.2 Å². The summed E-state index contributed by atoms with van der Waals surface area (Å²) in [5.74, 6) is -7.22. The second kappa shape index (κ2) is 32.0. The zero-order valence-electron chi connectivity index (χ0n) is 52.2. The number of anilines is 3. The summed E-state index contributed by atoms with van der Waals surface area (Å²) >= 11 is 10.9. The standard InChI is InChI=1S/C55H72FN17O20P2S2/c1-26(2)39(70-35(75)12-14-60-49(79)27(3)16-37(77)78)32(74)17-29(6-4-13-61-54(59)82)50(80)69-30-10-8-28(9-11-30)19-86-55(83)62-18-36(76)71-15-5-7-31(71)53(81)91-44-43-34(90-52(44)73-25-68-41-46(58)64-23-66-48(41)73)21-88-94(84,96)92-42-33(20-87-95(85,97)93-43)89-51(38(42)56)72-24-67-40-45(57)63-22-65-47(40)72/h8-11,22-27,29,31,33-34,38-39,42-44,51-52H,4-7,12-21H2,1-3H3,(H,60,79)(H,62,83)(H,69,80)(H,70,75)(H,77,78)(H,84,96)(H,85,97)(H2,57,63,65)(H2,58,64,66)(H3,59,61,82)/t27?,29-,31-,33-,34-,38-,39+,42-,43-,44-,51-,52-,94?,95?/m1/s1. The fourth-order valence-corrected chi connectivity index (χ4v) is 14.0. The average molecular weight is 1440 g/mol. The van der Waals surface area contributed by atoms with Crippen LogP contribution < -0.4 is 43.8 Å². The molecule has 4 fully saturated rings. The molecule has 5 aromatic rings. The minimum Gasteiger partial charge on any atom is -0.481 e. The van der Waals surface area contributed by atoms with Crippen molar-refractivity contribution >= 4 is 130 Å². The molecule has 0 bridgehead atoms. The van der Waals surface area contributed by atoms with Crippen LogP contribution in [0.3, 0.4) is 0 Å². The Bertz CT molecular complexity index is 3860. The van der Waals surface area contributed by atoms with Gasteiger partial charge >= 0.3 is 37.5 Å². The number of imidazole rings is 2. The predicted octanol–water partition coefficient (Wildman–Crippen LogP) is 0.764. The Labute approximate surface area is 560 Å². The highest BCUT2D eigenvalue weighted by molar-refractivity contribution is 8.07. The molecule has 4 saturated heterocycles. The van der Waals surface area contributed by atoms with Crippen molar-refractivity contribution in [2.45, 2.75) is 134 Å². The van der Waals surface area contributed by atoms with E-state index in [0.29, 0.717) is 17.7 Å². The number of alkyl halides is 1. The predicted molar refractivity (Wildman–Crippen MR) is 340 cm³/mol. The van der Waals surface area contributed by atoms with E-state index in [9.17, 15) is 52.9 Å². The lowest BCUT2D eigenvalue weighted by atomic mass is 9.89. The SMILES string of the molecule is CC(CC(=O)O)C(=O)NCCC(=O)N[C@H](C(=O)C[C@@H](CCCNC(N)=O)C(=O)Nc1ccc(COC(=O)NCC(=O)N2CCC[C@@H]2C(=O)O[C@@H]2[C@@H]3OP(O)(=S)OC[C@H]4O[C@@H](n5cnc6c(N)ncnc65)[C@H](F)[C@@H]4OP(O)(=S)OC[C@H]3O[C@H]2n2cnc3c(N)ncnc32)cc1)C(C)C. The second-order valence-electron chi connectivity index (χ2n) is 23.3. The van der Waals surface area contributed by atoms with E-state index in [-0.39, 0.29) is 92.3 Å². The summed E-state index contributed by atoms with van der Waals surface area (Å²) in [5.41, 5.74) is 18.4. The molecule has 14 atom stereocenters. The van der Waals surface area contributed by atoms with E-state index in [1.54, 1.807) is 26.0 Å². The highest BCUT2D eigenvalue weighted by Crippen LogP contribution is 2.55. The van der Waals surface area contributed by atoms with Gasteiger partial charge in [-0.3, -0.25) is 46.9 Å². The molecule has 0 aliphatic carbocycles. The number of hydrogen-bond donors (Lipinski definition) is 11. The number of amides is 7. The third-order valence-electron chi connectivity index (χ3n) is 16.0. The Morgan fingerprint density at radius 3 is 2.01 bits per heavy atom. The molecule has 14 N–H and O–H groups in total. The van der Waals surface area contributed by atoms with Crippen LogP contribution in [0, 0.1) is 17.8 Å². The van der Waals surface area contributed by atoms with Gasteiger partial charge in [-0.15, -0.1) is 0 Å². The highest BCUT2D eigenvalue weighted by atomic mass is 32.5. The van der Waals surface area contributed by atoms with Crippen LogP contribution in [0.4, 0.5) is 31.3 Å². The summed E-state index contributed by atoms with van der Waals surface area (Å²) < 4.78 is 66.6. The number of carboxylic acids is 1. The topological polar surface area (TPSA) is 517 Å². The van der Waals surface area contributed by atoms with Crippen molar-refractivity contribution in [3.63, 3.8) is 0 Å². The molecule has 526 valence electrons. The van der Waals surface area contributed by atoms with Gasteiger partial charge in [0, 0.05) is 50.0 Å². The average Bonchev–Trinajstić information content (AvgIpc) is 1.62. The third-order valence-corrected chi connectivity index (χ3v) is 19.1. The number of halogens is 1. The number of primary amides is 1. The zero-order valence-corrected chi connectivity index (χ0v) is 55.6. The Morgan fingerprint density at radius 2 is 1.39 bits per heavy atom. The zero-order chi connectivity index (χ0) is 70.0. The van der Waals surface area contributed by atoms with Gasteiger partial charge in [-0.2, -0.15) is 0 Å². The number of nitrogens with two attached hydrogens (primary N) is 3. The molecule has 3 unspecified atom stereocenters. The number of aliphatic carboxylic acids is 1. The van der Waals surface area contributed by atoms with Crippen molar-refractivity contribution in [2.75, 3.05) is 56.2 Å². The van der Waals surface area contributed by atoms with E-state index in [1.165, 1.54) is 45.7 Å². The number of urea groups is 1. The van der Waals surface area contributed by atoms with E-state index in [0.717, 1.165) is 12.7 Å². The smallest absolute Gasteiger partial charge is 0.407 e. The fourth-order valence-electron chi connectivity index (χ4n) is 11.2. The van der Waals surface area contributed by atoms with Gasteiger partial charge in [0.2, 0.25) is 23.6 Å². The van der Waals surface area contributed by atoms with Gasteiger partial charge < -0.3 is 91.6 Å². The van der Waals surface area contributed by atoms with Gasteiger partial charge in [0.05, 0.1) is 38.3 Å². The summed E-state index contributed by atoms with van der Waals surface area (Å²) in [6, 6.07) is 3.04. The molecule has 0 radical (unpaired) electrons. The monoisotopic (exact) mass is 1440 g/mol. The van der Waals surface area contributed by atoms with E-state index < -0.39 is 172 Å². The summed E-state index contributed by atoms with van der Waals surface area (Å²) in [4.78, 5) is 166. The lowest BCUT2D eigenvalue weighted by Gasteiger charge is -2.31. The molecular weight excluding hydrogens is 1360 g/mol. The quantitative estimate of drug-likeness (QED) is 0.0218. The molecule has 4 aliphatic rings. The summed E-state index contributed by atoms with van der Waals surface area (Å²) in [7, 11) is 0. The van der Waals surface area contributed by atoms with Crippen LogP contribution in [0.25, 0.3) is 22.3 Å². The second-order valence-corrected chi connectivity index (χ2v) is 28.9. The maximum atomic E-state index is 16.6. The molecule has 7 amide bonds. The summed E-state index contributed by atoms with van der Waals surface area (Å²) in [6.45, 7) is -6.57. The minimum atomic E-state index is -4.54. The number of carbonyl (C=O) groups is 9. The van der Waals surface area contributed by atoms with Crippen LogP contribution in [-0.4, -0.2) is 200 Å². The number of alkyl carbamates (subject to hydrolysis) is 1. The number of aromatic nitrogens is 8. The van der Waals surface area contributed by atoms with Gasteiger partial charge in [-0.1, -0.05) is 32.9 Å². The van der Waals surface area contributed by atoms with Crippen molar-refractivity contribution in [2.24, 2.45) is 23.5 Å². The normalized spacial score (nSPS) is 25.9. The Kier molecular flexibility index (Phi) is 24.1. The van der Waals surface area contributed by atoms with Crippen LogP contribution in [0.5, 0.6) is 0 Å². The largest absolute Gasteiger partial charge is 0.481 e. The number of fused-ring (bicyclic) bond motifs is 4. The first-order valence-corrected chi connectivity index (χ1v) is 35.5. The first-order chi connectivity index (χ1) is 46.1. The van der Waals surface area contributed by atoms with Crippen molar-refractivity contribution in [3.8, 4) is 0 Å². The highest BCUT2D eigenvalue weighted by Gasteiger charge is 2.55. The number of ketones is 1. The number of Topliss-reactive ketones (excluding diaryl/α,β-unsaturated/α-hetero) is 1. The van der Waals surface area contributed by atoms with Crippen molar-refractivity contribution in [3.05, 3.63) is 55.1 Å². The van der Waals surface area contributed by atoms with Gasteiger partial charge in [0.15, 0.2) is 53.4 Å². The molecule has 1 aromatic carbocycles. The van der Waals surface area contributed by atoms with Crippen molar-refractivity contribution in [1.29, 1.82) is 0 Å². The van der Waals surface area contributed by atoms with Gasteiger partial charge in [-0.05, 0) is 72.9 Å². The first-order valence-electron chi connectivity index (χ1n) is 30.3. The summed E-state index contributed by atoms with van der Waals surface area (Å²) in [5, 5.41) is 21.7. The van der Waals surface area contributed by atoms with Crippen LogP contribution in [0.1, 0.15) is 83.7 Å². The van der Waals surface area contributed by atoms with Crippen molar-refractivity contribution < 1.29 is 99.5 Å². The molecule has 0 saturated carbocycles. The van der Waals surface area contributed by atoms with Crippen LogP contribution in [0.2, 0.25) is 0 Å². The van der Waals surface area contributed by atoms with Gasteiger partial charge in [-0.25, -0.2) is 48.7 Å². The lowest BCUT2D eigenvalue weighted by molar-refractivity contribution is -0.165. The van der Waals surface area contributed by atoms with Gasteiger partial charge in [0.25, 0.3) is 0 Å². The van der Waals surface area contributed by atoms with E-state index >= 15 is 4.39 Å². The molecule has 4 aliphatic heterocycles. The number of nitrogen functional groups attached to an aromatic ring is 2. The van der Waals surface area contributed by atoms with E-state index in [2.05, 4.69) is 56.5 Å². The number of nitrogens with one attached hydrogen (secondary N) is 5. The van der Waals surface area contributed by atoms with E-state index in [4.69, 9.17) is 83.0 Å². The number of esters is 1. The Balaban J connectivity index is 0.807. The maximum absolute atomic E-state index is 16.6. The molecule has 37 nitrogen and oxygen atoms in total. The Hall–Kier alpha value is -8.14. The number of nitrogens with zero attached hydrogens (tertiary/aromatic N) is 9. The number of ether oxygens (including phenoxy) is 4. The molecule has 0 spiro atoms. The molecule has 42 heteroatoms. The molecule has 8 heterocycles. The lowest BCUT2D eigenvalue weighted by Crippen LogP contribution is -2.48.